The smallest absolute Gasteiger partial charge is 0.394 e. The van der Waals surface area contributed by atoms with Crippen molar-refractivity contribution in [3.63, 3.8) is 0 Å². The van der Waals surface area contributed by atoms with Crippen molar-refractivity contribution >= 4 is 25.0 Å². The summed E-state index contributed by atoms with van der Waals surface area (Å²) in [6.07, 6.45) is 2.85. The van der Waals surface area contributed by atoms with Gasteiger partial charge >= 0.3 is 8.03 Å². The molecule has 0 aromatic carbocycles. The lowest BCUT2D eigenvalue weighted by molar-refractivity contribution is -0.104. The number of ether oxygens (including phenoxy) is 1. The molecule has 3 N–H and O–H groups in total. The van der Waals surface area contributed by atoms with Gasteiger partial charge in [0.15, 0.2) is 23.4 Å². The van der Waals surface area contributed by atoms with Gasteiger partial charge in [0.2, 0.25) is 0 Å². The van der Waals surface area contributed by atoms with Crippen LogP contribution in [0.2, 0.25) is 0 Å². The van der Waals surface area contributed by atoms with Crippen molar-refractivity contribution in [3.8, 4) is 0 Å². The summed E-state index contributed by atoms with van der Waals surface area (Å²) in [4.78, 5) is 12.7. The van der Waals surface area contributed by atoms with Gasteiger partial charge in [0.25, 0.3) is 0 Å². The summed E-state index contributed by atoms with van der Waals surface area (Å²) in [5.41, 5.74) is 0.370. The molecule has 0 amide bonds. The molecule has 2 aromatic heterocycles. The molecule has 0 aliphatic rings. The van der Waals surface area contributed by atoms with E-state index in [1.54, 1.807) is 11.6 Å². The third kappa shape index (κ3) is 5.92. The van der Waals surface area contributed by atoms with Crippen molar-refractivity contribution in [3.05, 3.63) is 12.7 Å². The van der Waals surface area contributed by atoms with E-state index < -0.39 is 32.6 Å². The Morgan fingerprint density at radius 1 is 1.27 bits per heavy atom. The maximum absolute atomic E-state index is 12.4. The Morgan fingerprint density at radius 3 is 2.57 bits per heavy atom. The van der Waals surface area contributed by atoms with Gasteiger partial charge in [-0.1, -0.05) is 13.8 Å². The Balaban J connectivity index is 2.11. The molecule has 2 unspecified atom stereocenters. The minimum atomic E-state index is -1.78. The van der Waals surface area contributed by atoms with E-state index in [2.05, 4.69) is 20.3 Å². The maximum atomic E-state index is 12.4. The van der Waals surface area contributed by atoms with E-state index in [9.17, 15) is 14.8 Å². The molecule has 30 heavy (non-hydrogen) atoms. The standard InChI is InChI=1S/C19H33N5O5P/c1-6-13(7-2)30(27)29-19(3,4)8-9-28-18(14(26)10-25)24-12-23-15-16(20-5)21-11-22-17(15)24/h11-14,18,25-26H,6-10H2,1-5H3,(H,20,21,22)/q+1/t14-,18?/m1/s1. The molecule has 0 saturated carbocycles. The highest BCUT2D eigenvalue weighted by atomic mass is 31.1. The first-order valence-corrected chi connectivity index (χ1v) is 11.4. The van der Waals surface area contributed by atoms with Crippen molar-refractivity contribution in [2.24, 2.45) is 0 Å². The Labute approximate surface area is 177 Å². The highest BCUT2D eigenvalue weighted by Crippen LogP contribution is 2.39. The monoisotopic (exact) mass is 442 g/mol. The molecule has 0 saturated heterocycles. The number of aliphatic hydroxyl groups is 2. The predicted octanol–water partition coefficient (Wildman–Crippen LogP) is 2.85. The minimum absolute atomic E-state index is 0.0301. The Hall–Kier alpha value is -1.71. The van der Waals surface area contributed by atoms with Crippen LogP contribution in [-0.2, 0) is 13.8 Å². The molecule has 11 heteroatoms. The van der Waals surface area contributed by atoms with Crippen LogP contribution in [0.15, 0.2) is 12.7 Å². The van der Waals surface area contributed by atoms with Gasteiger partial charge in [-0.2, -0.15) is 0 Å². The quantitative estimate of drug-likeness (QED) is 0.401. The normalized spacial score (nSPS) is 14.9. The van der Waals surface area contributed by atoms with E-state index in [4.69, 9.17) is 9.26 Å². The molecule has 0 spiro atoms. The van der Waals surface area contributed by atoms with Gasteiger partial charge in [0.1, 0.15) is 23.5 Å². The molecule has 0 bridgehead atoms. The highest BCUT2D eigenvalue weighted by Gasteiger charge is 2.37. The molecule has 0 aliphatic carbocycles. The van der Waals surface area contributed by atoms with Crippen molar-refractivity contribution < 1.29 is 24.0 Å². The topological polar surface area (TPSA) is 132 Å². The second-order valence-electron chi connectivity index (χ2n) is 7.66. The van der Waals surface area contributed by atoms with Crippen LogP contribution in [0.3, 0.4) is 0 Å². The van der Waals surface area contributed by atoms with Crippen molar-refractivity contribution in [2.45, 2.75) is 70.5 Å². The van der Waals surface area contributed by atoms with Crippen molar-refractivity contribution in [2.75, 3.05) is 25.6 Å². The third-order valence-electron chi connectivity index (χ3n) is 4.96. The van der Waals surface area contributed by atoms with Gasteiger partial charge < -0.3 is 20.3 Å². The van der Waals surface area contributed by atoms with Gasteiger partial charge in [-0.15, -0.1) is 4.52 Å². The zero-order valence-corrected chi connectivity index (χ0v) is 19.2. The molecular weight excluding hydrogens is 409 g/mol. The molecule has 0 fully saturated rings. The molecule has 3 atom stereocenters. The number of hydrogen-bond acceptors (Lipinski definition) is 9. The summed E-state index contributed by atoms with van der Waals surface area (Å²) in [5.74, 6) is 0.552. The average Bonchev–Trinajstić information content (AvgIpc) is 3.15. The molecular formula is C19H33N5O5P+. The summed E-state index contributed by atoms with van der Waals surface area (Å²) >= 11 is 0. The minimum Gasteiger partial charge on any atom is -0.394 e. The van der Waals surface area contributed by atoms with Crippen LogP contribution >= 0.6 is 8.03 Å². The van der Waals surface area contributed by atoms with Crippen LogP contribution in [0, 0.1) is 0 Å². The maximum Gasteiger partial charge on any atom is 0.511 e. The van der Waals surface area contributed by atoms with E-state index in [-0.39, 0.29) is 12.3 Å². The second-order valence-corrected chi connectivity index (χ2v) is 9.15. The largest absolute Gasteiger partial charge is 0.511 e. The zero-order chi connectivity index (χ0) is 22.3. The van der Waals surface area contributed by atoms with Gasteiger partial charge in [0, 0.05) is 13.5 Å². The number of rotatable bonds is 13. The number of anilines is 1. The number of nitrogens with zero attached hydrogens (tertiary/aromatic N) is 4. The second kappa shape index (κ2) is 11.1. The van der Waals surface area contributed by atoms with E-state index in [1.807, 2.05) is 27.7 Å². The fourth-order valence-corrected chi connectivity index (χ4v) is 4.39. The Bertz CT molecular complexity index is 827. The van der Waals surface area contributed by atoms with E-state index in [0.29, 0.717) is 23.4 Å². The lowest BCUT2D eigenvalue weighted by Gasteiger charge is -2.25. The fourth-order valence-electron chi connectivity index (χ4n) is 3.06. The van der Waals surface area contributed by atoms with Crippen LogP contribution < -0.4 is 5.32 Å². The van der Waals surface area contributed by atoms with Gasteiger partial charge in [-0.05, 0) is 31.3 Å². The number of imidazole rings is 1. The molecule has 2 heterocycles. The molecule has 168 valence electrons. The van der Waals surface area contributed by atoms with Gasteiger partial charge in [-0.3, -0.25) is 4.57 Å². The first-order chi connectivity index (χ1) is 14.3. The summed E-state index contributed by atoms with van der Waals surface area (Å²) in [6, 6.07) is 0. The van der Waals surface area contributed by atoms with Crippen LogP contribution in [0.5, 0.6) is 0 Å². The molecule has 10 nitrogen and oxygen atoms in total. The first-order valence-electron chi connectivity index (χ1n) is 10.2. The van der Waals surface area contributed by atoms with Gasteiger partial charge in [0.05, 0.1) is 19.5 Å². The van der Waals surface area contributed by atoms with Crippen LogP contribution in [0.1, 0.15) is 53.2 Å². The SMILES string of the molecule is CCC(CC)[P+](=O)OC(C)(C)CCOC([C@H](O)CO)n1cnc2c(NC)ncnc21. The van der Waals surface area contributed by atoms with Crippen LogP contribution in [-0.4, -0.2) is 67.4 Å². The Kier molecular flexibility index (Phi) is 9.06. The summed E-state index contributed by atoms with van der Waals surface area (Å²) in [6.45, 7) is 7.45. The lowest BCUT2D eigenvalue weighted by atomic mass is 10.1. The number of fused-ring (bicyclic) bond motifs is 1. The number of nitrogens with one attached hydrogen (secondary N) is 1. The highest BCUT2D eigenvalue weighted by molar-refractivity contribution is 7.40. The first kappa shape index (κ1) is 24.6. The lowest BCUT2D eigenvalue weighted by Crippen LogP contribution is -2.32. The van der Waals surface area contributed by atoms with Crippen LogP contribution in [0.25, 0.3) is 11.2 Å². The summed E-state index contributed by atoms with van der Waals surface area (Å²) < 4.78 is 25.7. The average molecular weight is 442 g/mol. The number of hydrogen-bond donors (Lipinski definition) is 3. The van der Waals surface area contributed by atoms with Gasteiger partial charge in [-0.25, -0.2) is 15.0 Å². The van der Waals surface area contributed by atoms with Crippen LogP contribution in [0.4, 0.5) is 5.82 Å². The fraction of sp³-hybridized carbons (Fsp3) is 0.737. The van der Waals surface area contributed by atoms with Crippen molar-refractivity contribution in [1.29, 1.82) is 0 Å². The number of aliphatic hydroxyl groups excluding tert-OH is 2. The zero-order valence-electron chi connectivity index (χ0n) is 18.3. The summed E-state index contributed by atoms with van der Waals surface area (Å²) in [7, 11) is -0.0510. The van der Waals surface area contributed by atoms with Crippen molar-refractivity contribution in [1.82, 2.24) is 19.5 Å². The van der Waals surface area contributed by atoms with E-state index >= 15 is 0 Å². The summed E-state index contributed by atoms with van der Waals surface area (Å²) in [5, 5.41) is 22.8. The molecule has 0 aliphatic heterocycles. The molecule has 0 radical (unpaired) electrons. The predicted molar refractivity (Wildman–Crippen MR) is 115 cm³/mol. The third-order valence-corrected chi connectivity index (χ3v) is 6.96. The molecule has 2 aromatic rings. The Morgan fingerprint density at radius 2 is 1.97 bits per heavy atom. The molecule has 2 rings (SSSR count). The van der Waals surface area contributed by atoms with E-state index in [0.717, 1.165) is 12.8 Å². The number of aromatic nitrogens is 4. The van der Waals surface area contributed by atoms with E-state index in [1.165, 1.54) is 12.7 Å².